The maximum absolute atomic E-state index is 12.6. The van der Waals surface area contributed by atoms with Gasteiger partial charge in [-0.2, -0.15) is 0 Å². The molecule has 24 heavy (non-hydrogen) atoms. The lowest BCUT2D eigenvalue weighted by Crippen LogP contribution is -2.66. The summed E-state index contributed by atoms with van der Waals surface area (Å²) in [4.78, 5) is 12.6. The summed E-state index contributed by atoms with van der Waals surface area (Å²) in [5.41, 5.74) is 0.522. The van der Waals surface area contributed by atoms with Gasteiger partial charge in [0.1, 0.15) is 11.9 Å². The number of benzene rings is 1. The Kier molecular flexibility index (Phi) is 5.59. The number of hydrogen-bond donors (Lipinski definition) is 1. The van der Waals surface area contributed by atoms with Gasteiger partial charge in [-0.1, -0.05) is 20.8 Å². The highest BCUT2D eigenvalue weighted by atomic mass is 16.5. The standard InChI is InChI=1S/C20H31NO3/c1-7-19(4)13-17(14(3)20(5,8-2)21-19)24-18(22)15-9-11-16(23-6)12-10-15/h9-12,14,17,21H,7-8,13H2,1-6H3. The molecule has 1 heterocycles. The average molecular weight is 333 g/mol. The molecule has 1 aromatic carbocycles. The topological polar surface area (TPSA) is 47.6 Å². The lowest BCUT2D eigenvalue weighted by atomic mass is 9.70. The number of carbonyl (C=O) groups excluding carboxylic acids is 1. The van der Waals surface area contributed by atoms with Gasteiger partial charge in [0.05, 0.1) is 12.7 Å². The van der Waals surface area contributed by atoms with Crippen LogP contribution in [0.5, 0.6) is 5.75 Å². The summed E-state index contributed by atoms with van der Waals surface area (Å²) in [6, 6.07) is 7.08. The number of nitrogens with one attached hydrogen (secondary N) is 1. The molecular weight excluding hydrogens is 302 g/mol. The van der Waals surface area contributed by atoms with Crippen molar-refractivity contribution < 1.29 is 14.3 Å². The Morgan fingerprint density at radius 1 is 1.21 bits per heavy atom. The highest BCUT2D eigenvalue weighted by molar-refractivity contribution is 5.89. The minimum absolute atomic E-state index is 0.0118. The number of hydrogen-bond acceptors (Lipinski definition) is 4. The molecule has 0 radical (unpaired) electrons. The van der Waals surface area contributed by atoms with Crippen molar-refractivity contribution in [1.29, 1.82) is 0 Å². The zero-order valence-corrected chi connectivity index (χ0v) is 15.8. The Morgan fingerprint density at radius 3 is 2.33 bits per heavy atom. The number of rotatable bonds is 5. The Hall–Kier alpha value is -1.55. The molecule has 0 aromatic heterocycles. The molecule has 1 N–H and O–H groups in total. The van der Waals surface area contributed by atoms with Crippen LogP contribution in [0.1, 0.15) is 64.2 Å². The van der Waals surface area contributed by atoms with Crippen LogP contribution in [-0.2, 0) is 4.74 Å². The van der Waals surface area contributed by atoms with E-state index in [-0.39, 0.29) is 29.1 Å². The lowest BCUT2D eigenvalue weighted by molar-refractivity contribution is -0.0484. The van der Waals surface area contributed by atoms with E-state index in [9.17, 15) is 4.79 Å². The minimum atomic E-state index is -0.256. The predicted octanol–water partition coefficient (Wildman–Crippen LogP) is 4.19. The molecule has 1 saturated heterocycles. The molecule has 0 saturated carbocycles. The second-order valence-corrected chi connectivity index (χ2v) is 7.48. The van der Waals surface area contributed by atoms with Crippen LogP contribution in [0.15, 0.2) is 24.3 Å². The summed E-state index contributed by atoms with van der Waals surface area (Å²) >= 11 is 0. The van der Waals surface area contributed by atoms with Crippen LogP contribution in [0.25, 0.3) is 0 Å². The molecule has 1 aliphatic heterocycles. The third-order valence-electron chi connectivity index (χ3n) is 5.90. The summed E-state index contributed by atoms with van der Waals surface area (Å²) in [6.45, 7) is 11.0. The SMILES string of the molecule is CCC1(C)CC(OC(=O)c2ccc(OC)cc2)C(C)C(C)(CC)N1. The van der Waals surface area contributed by atoms with E-state index in [1.165, 1.54) is 0 Å². The fourth-order valence-electron chi connectivity index (χ4n) is 3.60. The van der Waals surface area contributed by atoms with Gasteiger partial charge < -0.3 is 14.8 Å². The number of methoxy groups -OCH3 is 1. The minimum Gasteiger partial charge on any atom is -0.497 e. The van der Waals surface area contributed by atoms with Gasteiger partial charge in [0.15, 0.2) is 0 Å². The Bertz CT molecular complexity index is 571. The maximum atomic E-state index is 12.6. The summed E-state index contributed by atoms with van der Waals surface area (Å²) in [5.74, 6) is 0.733. The molecule has 2 rings (SSSR count). The third kappa shape index (κ3) is 3.75. The first kappa shape index (κ1) is 18.8. The van der Waals surface area contributed by atoms with Gasteiger partial charge in [0.2, 0.25) is 0 Å². The van der Waals surface area contributed by atoms with E-state index in [0.717, 1.165) is 25.0 Å². The number of ether oxygens (including phenoxy) is 2. The van der Waals surface area contributed by atoms with Crippen LogP contribution in [0.3, 0.4) is 0 Å². The van der Waals surface area contributed by atoms with Crippen molar-refractivity contribution in [2.45, 2.75) is 71.1 Å². The van der Waals surface area contributed by atoms with Crippen LogP contribution >= 0.6 is 0 Å². The molecule has 4 heteroatoms. The predicted molar refractivity (Wildman–Crippen MR) is 96.5 cm³/mol. The Balaban J connectivity index is 2.17. The van der Waals surface area contributed by atoms with Gasteiger partial charge in [-0.3, -0.25) is 0 Å². The van der Waals surface area contributed by atoms with Crippen LogP contribution in [-0.4, -0.2) is 30.3 Å². The summed E-state index contributed by atoms with van der Waals surface area (Å²) in [6.07, 6.45) is 2.75. The smallest absolute Gasteiger partial charge is 0.338 e. The molecular formula is C20H31NO3. The molecule has 1 aliphatic rings. The quantitative estimate of drug-likeness (QED) is 0.821. The van der Waals surface area contributed by atoms with Gasteiger partial charge in [0, 0.05) is 23.4 Å². The molecule has 134 valence electrons. The molecule has 1 aromatic rings. The first-order chi connectivity index (χ1) is 11.3. The summed E-state index contributed by atoms with van der Waals surface area (Å²) in [7, 11) is 1.61. The summed E-state index contributed by atoms with van der Waals surface area (Å²) < 4.78 is 11.1. The van der Waals surface area contributed by atoms with E-state index in [0.29, 0.717) is 5.56 Å². The van der Waals surface area contributed by atoms with Gasteiger partial charge >= 0.3 is 5.97 Å². The van der Waals surface area contributed by atoms with Crippen LogP contribution < -0.4 is 10.1 Å². The first-order valence-corrected chi connectivity index (χ1v) is 8.91. The average Bonchev–Trinajstić information content (AvgIpc) is 2.59. The monoisotopic (exact) mass is 333 g/mol. The van der Waals surface area contributed by atoms with E-state index in [1.54, 1.807) is 31.4 Å². The Labute approximate surface area is 145 Å². The Morgan fingerprint density at radius 2 is 1.83 bits per heavy atom. The number of esters is 1. The van der Waals surface area contributed by atoms with Crippen molar-refractivity contribution in [3.05, 3.63) is 29.8 Å². The normalized spacial score (nSPS) is 33.1. The van der Waals surface area contributed by atoms with Crippen LogP contribution in [0.4, 0.5) is 0 Å². The third-order valence-corrected chi connectivity index (χ3v) is 5.90. The fourth-order valence-corrected chi connectivity index (χ4v) is 3.60. The fraction of sp³-hybridized carbons (Fsp3) is 0.650. The van der Waals surface area contributed by atoms with Crippen LogP contribution in [0.2, 0.25) is 0 Å². The molecule has 4 nitrogen and oxygen atoms in total. The van der Waals surface area contributed by atoms with Crippen molar-refractivity contribution in [3.8, 4) is 5.75 Å². The number of piperidine rings is 1. The van der Waals surface area contributed by atoms with E-state index in [2.05, 4.69) is 39.9 Å². The van der Waals surface area contributed by atoms with Crippen molar-refractivity contribution in [1.82, 2.24) is 5.32 Å². The molecule has 0 bridgehead atoms. The molecule has 0 spiro atoms. The van der Waals surface area contributed by atoms with Crippen molar-refractivity contribution in [2.24, 2.45) is 5.92 Å². The van der Waals surface area contributed by atoms with Crippen molar-refractivity contribution in [3.63, 3.8) is 0 Å². The highest BCUT2D eigenvalue weighted by Crippen LogP contribution is 2.39. The molecule has 0 amide bonds. The zero-order chi connectivity index (χ0) is 18.0. The van der Waals surface area contributed by atoms with E-state index < -0.39 is 0 Å². The van der Waals surface area contributed by atoms with E-state index in [1.807, 2.05) is 0 Å². The summed E-state index contributed by atoms with van der Waals surface area (Å²) in [5, 5.41) is 3.81. The van der Waals surface area contributed by atoms with Gasteiger partial charge in [-0.25, -0.2) is 4.79 Å². The molecule has 1 fully saturated rings. The van der Waals surface area contributed by atoms with Gasteiger partial charge in [-0.05, 0) is 51.0 Å². The first-order valence-electron chi connectivity index (χ1n) is 8.91. The zero-order valence-electron chi connectivity index (χ0n) is 15.8. The molecule has 0 aliphatic carbocycles. The van der Waals surface area contributed by atoms with Crippen LogP contribution in [0, 0.1) is 5.92 Å². The molecule has 4 unspecified atom stereocenters. The van der Waals surface area contributed by atoms with Crippen molar-refractivity contribution in [2.75, 3.05) is 7.11 Å². The highest BCUT2D eigenvalue weighted by Gasteiger charge is 2.47. The lowest BCUT2D eigenvalue weighted by Gasteiger charge is -2.52. The number of carbonyl (C=O) groups is 1. The van der Waals surface area contributed by atoms with Gasteiger partial charge in [0.25, 0.3) is 0 Å². The van der Waals surface area contributed by atoms with E-state index >= 15 is 0 Å². The molecule has 4 atom stereocenters. The second kappa shape index (κ2) is 7.14. The van der Waals surface area contributed by atoms with E-state index in [4.69, 9.17) is 9.47 Å². The van der Waals surface area contributed by atoms with Crippen molar-refractivity contribution >= 4 is 5.97 Å². The maximum Gasteiger partial charge on any atom is 0.338 e. The second-order valence-electron chi connectivity index (χ2n) is 7.48. The largest absolute Gasteiger partial charge is 0.497 e. The van der Waals surface area contributed by atoms with Gasteiger partial charge in [-0.15, -0.1) is 0 Å².